The molecule has 0 saturated heterocycles. The summed E-state index contributed by atoms with van der Waals surface area (Å²) in [4.78, 5) is 22.6. The molecule has 1 N–H and O–H groups in total. The van der Waals surface area contributed by atoms with Gasteiger partial charge in [-0.25, -0.2) is 4.79 Å². The third-order valence-electron chi connectivity index (χ3n) is 3.03. The Morgan fingerprint density at radius 2 is 1.70 bits per heavy atom. The molecular weight excluding hydrogens is 256 g/mol. The SMILES string of the molecule is COC(=O)/C=C(\C)CC/C=C(\C)CCC(=O)C(C)(C)O. The molecule has 0 amide bonds. The van der Waals surface area contributed by atoms with Crippen LogP contribution in [0.15, 0.2) is 23.3 Å². The van der Waals surface area contributed by atoms with Gasteiger partial charge in [0, 0.05) is 12.5 Å². The Morgan fingerprint density at radius 3 is 2.20 bits per heavy atom. The number of carbonyl (C=O) groups is 2. The topological polar surface area (TPSA) is 63.6 Å². The monoisotopic (exact) mass is 282 g/mol. The fourth-order valence-electron chi connectivity index (χ4n) is 1.60. The average Bonchev–Trinajstić information content (AvgIpc) is 2.34. The summed E-state index contributed by atoms with van der Waals surface area (Å²) >= 11 is 0. The van der Waals surface area contributed by atoms with Gasteiger partial charge in [-0.05, 0) is 47.0 Å². The van der Waals surface area contributed by atoms with Gasteiger partial charge in [0.15, 0.2) is 5.78 Å². The number of rotatable bonds is 8. The van der Waals surface area contributed by atoms with Gasteiger partial charge >= 0.3 is 5.97 Å². The lowest BCUT2D eigenvalue weighted by atomic mass is 9.97. The van der Waals surface area contributed by atoms with E-state index in [0.717, 1.165) is 24.0 Å². The van der Waals surface area contributed by atoms with E-state index in [1.54, 1.807) is 0 Å². The molecule has 0 rings (SSSR count). The molecule has 4 heteroatoms. The Kier molecular flexibility index (Phi) is 8.07. The standard InChI is InChI=1S/C16H26O4/c1-12(9-10-14(17)16(3,4)19)7-6-8-13(2)11-15(18)20-5/h7,11,19H,6,8-10H2,1-5H3/b12-7+,13-11+. The summed E-state index contributed by atoms with van der Waals surface area (Å²) in [5.41, 5.74) is 0.835. The van der Waals surface area contributed by atoms with Gasteiger partial charge in [-0.15, -0.1) is 0 Å². The number of aliphatic hydroxyl groups is 1. The minimum atomic E-state index is -1.25. The number of esters is 1. The van der Waals surface area contributed by atoms with Crippen LogP contribution in [0.2, 0.25) is 0 Å². The van der Waals surface area contributed by atoms with Crippen molar-refractivity contribution in [1.29, 1.82) is 0 Å². The summed E-state index contributed by atoms with van der Waals surface area (Å²) < 4.78 is 4.55. The average molecular weight is 282 g/mol. The summed E-state index contributed by atoms with van der Waals surface area (Å²) in [6.07, 6.45) is 6.16. The van der Waals surface area contributed by atoms with E-state index in [0.29, 0.717) is 12.8 Å². The molecule has 0 unspecified atom stereocenters. The summed E-state index contributed by atoms with van der Waals surface area (Å²) in [6.45, 7) is 6.87. The van der Waals surface area contributed by atoms with E-state index < -0.39 is 5.60 Å². The summed E-state index contributed by atoms with van der Waals surface area (Å²) in [5, 5.41) is 9.53. The Labute approximate surface area is 121 Å². The molecule has 0 aliphatic carbocycles. The first-order chi connectivity index (χ1) is 9.16. The highest BCUT2D eigenvalue weighted by Gasteiger charge is 2.22. The van der Waals surface area contributed by atoms with Gasteiger partial charge in [0.05, 0.1) is 7.11 Å². The lowest BCUT2D eigenvalue weighted by Crippen LogP contribution is -2.30. The van der Waals surface area contributed by atoms with Crippen LogP contribution in [0.25, 0.3) is 0 Å². The molecule has 0 atom stereocenters. The summed E-state index contributed by atoms with van der Waals surface area (Å²) in [5.74, 6) is -0.481. The van der Waals surface area contributed by atoms with Crippen molar-refractivity contribution in [2.45, 2.75) is 59.0 Å². The minimum Gasteiger partial charge on any atom is -0.466 e. The highest BCUT2D eigenvalue weighted by Crippen LogP contribution is 2.14. The Morgan fingerprint density at radius 1 is 1.10 bits per heavy atom. The lowest BCUT2D eigenvalue weighted by Gasteiger charge is -2.15. The van der Waals surface area contributed by atoms with Crippen LogP contribution in [0.1, 0.15) is 53.4 Å². The smallest absolute Gasteiger partial charge is 0.330 e. The predicted molar refractivity (Wildman–Crippen MR) is 79.3 cm³/mol. The molecule has 114 valence electrons. The van der Waals surface area contributed by atoms with Gasteiger partial charge in [0.2, 0.25) is 0 Å². The summed E-state index contributed by atoms with van der Waals surface area (Å²) in [6, 6.07) is 0. The highest BCUT2D eigenvalue weighted by atomic mass is 16.5. The second kappa shape index (κ2) is 8.69. The molecule has 0 aromatic carbocycles. The van der Waals surface area contributed by atoms with Crippen molar-refractivity contribution in [2.75, 3.05) is 7.11 Å². The van der Waals surface area contributed by atoms with E-state index in [9.17, 15) is 14.7 Å². The van der Waals surface area contributed by atoms with Crippen LogP contribution in [0.5, 0.6) is 0 Å². The van der Waals surface area contributed by atoms with E-state index in [2.05, 4.69) is 10.8 Å². The van der Waals surface area contributed by atoms with Crippen LogP contribution >= 0.6 is 0 Å². The molecule has 0 spiro atoms. The largest absolute Gasteiger partial charge is 0.466 e. The Balaban J connectivity index is 4.13. The van der Waals surface area contributed by atoms with Gasteiger partial charge in [0.1, 0.15) is 5.60 Å². The first kappa shape index (κ1) is 18.6. The molecule has 0 fully saturated rings. The van der Waals surface area contributed by atoms with Gasteiger partial charge in [-0.2, -0.15) is 0 Å². The van der Waals surface area contributed by atoms with E-state index in [1.165, 1.54) is 27.0 Å². The molecule has 0 aromatic rings. The van der Waals surface area contributed by atoms with Gasteiger partial charge < -0.3 is 9.84 Å². The molecular formula is C16H26O4. The zero-order valence-corrected chi connectivity index (χ0v) is 13.2. The number of methoxy groups -OCH3 is 1. The number of Topliss-reactive ketones (excluding diaryl/α,β-unsaturated/α-hetero) is 1. The van der Waals surface area contributed by atoms with Crippen LogP contribution in [0.4, 0.5) is 0 Å². The number of hydrogen-bond donors (Lipinski definition) is 1. The van der Waals surface area contributed by atoms with Crippen molar-refractivity contribution >= 4 is 11.8 Å². The zero-order valence-electron chi connectivity index (χ0n) is 13.2. The van der Waals surface area contributed by atoms with Gasteiger partial charge in [0.25, 0.3) is 0 Å². The van der Waals surface area contributed by atoms with E-state index in [-0.39, 0.29) is 11.8 Å². The zero-order chi connectivity index (χ0) is 15.8. The fourth-order valence-corrected chi connectivity index (χ4v) is 1.60. The van der Waals surface area contributed by atoms with Crippen molar-refractivity contribution in [1.82, 2.24) is 0 Å². The van der Waals surface area contributed by atoms with E-state index in [1.807, 2.05) is 13.8 Å². The van der Waals surface area contributed by atoms with Crippen LogP contribution in [-0.4, -0.2) is 29.6 Å². The van der Waals surface area contributed by atoms with Crippen LogP contribution < -0.4 is 0 Å². The van der Waals surface area contributed by atoms with E-state index in [4.69, 9.17) is 0 Å². The molecule has 0 heterocycles. The second-order valence-corrected chi connectivity index (χ2v) is 5.59. The maximum absolute atomic E-state index is 11.6. The van der Waals surface area contributed by atoms with E-state index >= 15 is 0 Å². The number of hydrogen-bond acceptors (Lipinski definition) is 4. The quantitative estimate of drug-likeness (QED) is 0.422. The Bertz CT molecular complexity index is 397. The molecule has 0 bridgehead atoms. The third-order valence-corrected chi connectivity index (χ3v) is 3.03. The van der Waals surface area contributed by atoms with Crippen LogP contribution in [0, 0.1) is 0 Å². The Hall–Kier alpha value is -1.42. The predicted octanol–water partition coefficient (Wildman–Crippen LogP) is 2.95. The molecule has 0 aliphatic heterocycles. The second-order valence-electron chi connectivity index (χ2n) is 5.59. The fraction of sp³-hybridized carbons (Fsp3) is 0.625. The number of ketones is 1. The molecule has 0 radical (unpaired) electrons. The van der Waals surface area contributed by atoms with Gasteiger partial charge in [-0.3, -0.25) is 4.79 Å². The number of ether oxygens (including phenoxy) is 1. The maximum atomic E-state index is 11.6. The first-order valence-corrected chi connectivity index (χ1v) is 6.83. The van der Waals surface area contributed by atoms with Crippen molar-refractivity contribution in [3.8, 4) is 0 Å². The molecule has 20 heavy (non-hydrogen) atoms. The minimum absolute atomic E-state index is 0.146. The highest BCUT2D eigenvalue weighted by molar-refractivity contribution is 5.86. The number of allylic oxidation sites excluding steroid dienone is 3. The third kappa shape index (κ3) is 8.64. The molecule has 0 aromatic heterocycles. The van der Waals surface area contributed by atoms with Crippen LogP contribution in [-0.2, 0) is 14.3 Å². The van der Waals surface area contributed by atoms with Gasteiger partial charge in [-0.1, -0.05) is 17.2 Å². The molecule has 0 aliphatic rings. The van der Waals surface area contributed by atoms with Crippen molar-refractivity contribution in [3.63, 3.8) is 0 Å². The van der Waals surface area contributed by atoms with Crippen molar-refractivity contribution < 1.29 is 19.4 Å². The normalized spacial score (nSPS) is 13.3. The van der Waals surface area contributed by atoms with Crippen molar-refractivity contribution in [2.24, 2.45) is 0 Å². The lowest BCUT2D eigenvalue weighted by molar-refractivity contribution is -0.135. The molecule has 0 saturated carbocycles. The van der Waals surface area contributed by atoms with Crippen LogP contribution in [0.3, 0.4) is 0 Å². The maximum Gasteiger partial charge on any atom is 0.330 e. The first-order valence-electron chi connectivity index (χ1n) is 6.83. The number of carbonyl (C=O) groups excluding carboxylic acids is 2. The molecule has 4 nitrogen and oxygen atoms in total. The van der Waals surface area contributed by atoms with Crippen molar-refractivity contribution in [3.05, 3.63) is 23.3 Å². The summed E-state index contributed by atoms with van der Waals surface area (Å²) in [7, 11) is 1.36.